The number of hydrogen-bond donors (Lipinski definition) is 1. The number of anilines is 1. The van der Waals surface area contributed by atoms with Crippen LogP contribution in [0.2, 0.25) is 0 Å². The smallest absolute Gasteiger partial charge is 0.324 e. The Kier molecular flexibility index (Phi) is 5.34. The SMILES string of the molecule is CCOc1nc(NC)nc(OCCC2CCCN2C)n1. The fourth-order valence-electron chi connectivity index (χ4n) is 2.34. The summed E-state index contributed by atoms with van der Waals surface area (Å²) < 4.78 is 10.9. The second-order valence-electron chi connectivity index (χ2n) is 4.82. The molecule has 0 saturated carbocycles. The van der Waals surface area contributed by atoms with Crippen molar-refractivity contribution >= 4 is 5.95 Å². The Bertz CT molecular complexity index is 429. The number of ether oxygens (including phenoxy) is 2. The molecule has 1 aromatic rings. The van der Waals surface area contributed by atoms with E-state index in [1.807, 2.05) is 6.92 Å². The van der Waals surface area contributed by atoms with Gasteiger partial charge < -0.3 is 19.7 Å². The van der Waals surface area contributed by atoms with Crippen molar-refractivity contribution in [3.63, 3.8) is 0 Å². The molecule has 1 aromatic heterocycles. The van der Waals surface area contributed by atoms with Gasteiger partial charge in [-0.05, 0) is 39.8 Å². The molecular weight excluding hydrogens is 258 g/mol. The molecule has 7 nitrogen and oxygen atoms in total. The predicted molar refractivity (Wildman–Crippen MR) is 76.3 cm³/mol. The number of nitrogens with one attached hydrogen (secondary N) is 1. The molecule has 7 heteroatoms. The van der Waals surface area contributed by atoms with Crippen LogP contribution < -0.4 is 14.8 Å². The van der Waals surface area contributed by atoms with Crippen LogP contribution in [0.1, 0.15) is 26.2 Å². The summed E-state index contributed by atoms with van der Waals surface area (Å²) in [6.45, 7) is 4.18. The van der Waals surface area contributed by atoms with E-state index in [0.717, 1.165) is 6.42 Å². The zero-order chi connectivity index (χ0) is 14.4. The van der Waals surface area contributed by atoms with E-state index in [4.69, 9.17) is 9.47 Å². The zero-order valence-electron chi connectivity index (χ0n) is 12.4. The van der Waals surface area contributed by atoms with E-state index in [-0.39, 0.29) is 0 Å². The average molecular weight is 281 g/mol. The van der Waals surface area contributed by atoms with Gasteiger partial charge in [0.05, 0.1) is 13.2 Å². The van der Waals surface area contributed by atoms with Gasteiger partial charge in [-0.1, -0.05) is 0 Å². The molecule has 1 aliphatic rings. The summed E-state index contributed by atoms with van der Waals surface area (Å²) in [5, 5.41) is 2.87. The quantitative estimate of drug-likeness (QED) is 0.804. The molecular formula is C13H23N5O2. The topological polar surface area (TPSA) is 72.4 Å². The van der Waals surface area contributed by atoms with E-state index in [1.54, 1.807) is 7.05 Å². The van der Waals surface area contributed by atoms with Gasteiger partial charge in [0.15, 0.2) is 0 Å². The van der Waals surface area contributed by atoms with Crippen molar-refractivity contribution in [2.75, 3.05) is 39.2 Å². The van der Waals surface area contributed by atoms with Gasteiger partial charge in [0.2, 0.25) is 5.95 Å². The Morgan fingerprint density at radius 2 is 2.00 bits per heavy atom. The Morgan fingerprint density at radius 3 is 2.60 bits per heavy atom. The van der Waals surface area contributed by atoms with Crippen molar-refractivity contribution in [2.45, 2.75) is 32.2 Å². The summed E-state index contributed by atoms with van der Waals surface area (Å²) in [4.78, 5) is 14.8. The number of hydrogen-bond acceptors (Lipinski definition) is 7. The fourth-order valence-corrected chi connectivity index (χ4v) is 2.34. The molecule has 1 N–H and O–H groups in total. The molecule has 1 atom stereocenters. The maximum absolute atomic E-state index is 5.64. The molecule has 20 heavy (non-hydrogen) atoms. The molecule has 0 bridgehead atoms. The zero-order valence-corrected chi connectivity index (χ0v) is 12.4. The Balaban J connectivity index is 1.89. The van der Waals surface area contributed by atoms with Gasteiger partial charge in [-0.15, -0.1) is 4.98 Å². The van der Waals surface area contributed by atoms with Gasteiger partial charge in [-0.3, -0.25) is 0 Å². The molecule has 2 rings (SSSR count). The number of nitrogens with zero attached hydrogens (tertiary/aromatic N) is 4. The molecule has 1 saturated heterocycles. The largest absolute Gasteiger partial charge is 0.464 e. The van der Waals surface area contributed by atoms with Crippen molar-refractivity contribution in [3.8, 4) is 12.0 Å². The standard InChI is InChI=1S/C13H23N5O2/c1-4-19-12-15-11(14-2)16-13(17-12)20-9-7-10-6-5-8-18(10)3/h10H,4-9H2,1-3H3,(H,14,15,16,17). The lowest BCUT2D eigenvalue weighted by Crippen LogP contribution is -2.26. The summed E-state index contributed by atoms with van der Waals surface area (Å²) in [5.41, 5.74) is 0. The van der Waals surface area contributed by atoms with Crippen molar-refractivity contribution in [2.24, 2.45) is 0 Å². The minimum absolute atomic E-state index is 0.292. The number of rotatable bonds is 7. The van der Waals surface area contributed by atoms with Crippen LogP contribution in [-0.4, -0.2) is 59.7 Å². The molecule has 0 spiro atoms. The molecule has 1 aliphatic heterocycles. The summed E-state index contributed by atoms with van der Waals surface area (Å²) in [6, 6.07) is 1.21. The summed E-state index contributed by atoms with van der Waals surface area (Å²) in [6.07, 6.45) is 3.50. The van der Waals surface area contributed by atoms with Gasteiger partial charge in [0.25, 0.3) is 0 Å². The maximum atomic E-state index is 5.64. The van der Waals surface area contributed by atoms with Gasteiger partial charge in [-0.2, -0.15) is 9.97 Å². The Hall–Kier alpha value is -1.63. The minimum Gasteiger partial charge on any atom is -0.464 e. The van der Waals surface area contributed by atoms with Crippen LogP contribution in [0.4, 0.5) is 5.95 Å². The highest BCUT2D eigenvalue weighted by atomic mass is 16.5. The molecule has 0 radical (unpaired) electrons. The summed E-state index contributed by atoms with van der Waals surface area (Å²) in [5.74, 6) is 0.455. The molecule has 1 unspecified atom stereocenters. The van der Waals surface area contributed by atoms with Crippen molar-refractivity contribution in [1.29, 1.82) is 0 Å². The molecule has 2 heterocycles. The first-order chi connectivity index (χ1) is 9.72. The van der Waals surface area contributed by atoms with Crippen molar-refractivity contribution in [1.82, 2.24) is 19.9 Å². The highest BCUT2D eigenvalue weighted by Crippen LogP contribution is 2.18. The van der Waals surface area contributed by atoms with Gasteiger partial charge in [0, 0.05) is 13.1 Å². The first-order valence-corrected chi connectivity index (χ1v) is 7.12. The van der Waals surface area contributed by atoms with E-state index < -0.39 is 0 Å². The van der Waals surface area contributed by atoms with Gasteiger partial charge >= 0.3 is 12.0 Å². The average Bonchev–Trinajstić information content (AvgIpc) is 2.84. The lowest BCUT2D eigenvalue weighted by Gasteiger charge is -2.18. The third kappa shape index (κ3) is 3.93. The number of likely N-dealkylation sites (tertiary alicyclic amines) is 1. The van der Waals surface area contributed by atoms with E-state index in [0.29, 0.717) is 37.2 Å². The molecule has 0 amide bonds. The normalized spacial score (nSPS) is 19.1. The first-order valence-electron chi connectivity index (χ1n) is 7.12. The second kappa shape index (κ2) is 7.23. The van der Waals surface area contributed by atoms with Crippen LogP contribution in [0, 0.1) is 0 Å². The van der Waals surface area contributed by atoms with Gasteiger partial charge in [0.1, 0.15) is 0 Å². The van der Waals surface area contributed by atoms with Crippen LogP contribution in [-0.2, 0) is 0 Å². The van der Waals surface area contributed by atoms with Crippen LogP contribution >= 0.6 is 0 Å². The molecule has 0 aliphatic carbocycles. The van der Waals surface area contributed by atoms with Gasteiger partial charge in [-0.25, -0.2) is 0 Å². The Morgan fingerprint density at radius 1 is 1.25 bits per heavy atom. The van der Waals surface area contributed by atoms with Crippen molar-refractivity contribution < 1.29 is 9.47 Å². The third-order valence-corrected chi connectivity index (χ3v) is 3.45. The molecule has 0 aromatic carbocycles. The Labute approximate surface area is 119 Å². The highest BCUT2D eigenvalue weighted by molar-refractivity contribution is 5.26. The van der Waals surface area contributed by atoms with Crippen LogP contribution in [0.15, 0.2) is 0 Å². The van der Waals surface area contributed by atoms with E-state index in [9.17, 15) is 0 Å². The summed E-state index contributed by atoms with van der Waals surface area (Å²) in [7, 11) is 3.91. The third-order valence-electron chi connectivity index (χ3n) is 3.45. The lowest BCUT2D eigenvalue weighted by atomic mass is 10.2. The minimum atomic E-state index is 0.292. The highest BCUT2D eigenvalue weighted by Gasteiger charge is 2.20. The monoisotopic (exact) mass is 281 g/mol. The van der Waals surface area contributed by atoms with Crippen LogP contribution in [0.5, 0.6) is 12.0 Å². The van der Waals surface area contributed by atoms with Crippen LogP contribution in [0.3, 0.4) is 0 Å². The van der Waals surface area contributed by atoms with Crippen molar-refractivity contribution in [3.05, 3.63) is 0 Å². The lowest BCUT2D eigenvalue weighted by molar-refractivity contribution is 0.218. The van der Waals surface area contributed by atoms with E-state index in [2.05, 4.69) is 32.2 Å². The van der Waals surface area contributed by atoms with E-state index in [1.165, 1.54) is 19.4 Å². The second-order valence-corrected chi connectivity index (χ2v) is 4.82. The first kappa shape index (κ1) is 14.8. The fraction of sp³-hybridized carbons (Fsp3) is 0.769. The molecule has 112 valence electrons. The number of aromatic nitrogens is 3. The van der Waals surface area contributed by atoms with E-state index >= 15 is 0 Å². The summed E-state index contributed by atoms with van der Waals surface area (Å²) >= 11 is 0. The predicted octanol–water partition coefficient (Wildman–Crippen LogP) is 1.18. The maximum Gasteiger partial charge on any atom is 0.324 e. The van der Waals surface area contributed by atoms with Crippen LogP contribution in [0.25, 0.3) is 0 Å². The molecule has 1 fully saturated rings.